The van der Waals surface area contributed by atoms with Crippen LogP contribution >= 0.6 is 11.8 Å². The topological polar surface area (TPSA) is 366 Å². The number of alkyl carbamates (subject to hydrolysis) is 2. The third kappa shape index (κ3) is 33.4. The molecule has 3 aliphatic heterocycles. The highest BCUT2D eigenvalue weighted by molar-refractivity contribution is 7.89. The number of nitrogens with one attached hydrogen (secondary N) is 4. The molecule has 0 radical (unpaired) electrons. The van der Waals surface area contributed by atoms with E-state index in [1.165, 1.54) is 31.1 Å². The number of nitrogens with zero attached hydrogens (tertiary/aromatic N) is 8. The second kappa shape index (κ2) is 43.4. The van der Waals surface area contributed by atoms with Crippen LogP contribution in [0.2, 0.25) is 0 Å². The Balaban J connectivity index is 0.000000281. The molecule has 3 aliphatic carbocycles. The lowest BCUT2D eigenvalue weighted by Gasteiger charge is -2.38. The number of amides is 4. The number of carboxylic acid groups (broad SMARTS) is 1. The smallest absolute Gasteiger partial charge is 0.416 e. The van der Waals surface area contributed by atoms with Crippen LogP contribution in [0, 0.1) is 23.3 Å². The van der Waals surface area contributed by atoms with Crippen molar-refractivity contribution in [3.05, 3.63) is 89.5 Å². The number of piperidine rings is 3. The molecule has 3 atom stereocenters. The number of hydrogen-bond acceptors (Lipinski definition) is 17. The maximum atomic E-state index is 13.5. The molecule has 3 saturated carbocycles. The molecule has 0 unspecified atom stereocenters. The predicted molar refractivity (Wildman–Crippen MR) is 416 cm³/mol. The highest BCUT2D eigenvalue weighted by atomic mass is 35.5. The lowest BCUT2D eigenvalue weighted by atomic mass is 9.99. The Morgan fingerprint density at radius 3 is 1.06 bits per heavy atom. The van der Waals surface area contributed by atoms with Gasteiger partial charge in [0.1, 0.15) is 11.2 Å². The van der Waals surface area contributed by atoms with Crippen LogP contribution in [0.25, 0.3) is 0 Å². The summed E-state index contributed by atoms with van der Waals surface area (Å²) in [5.41, 5.74) is 7.78. The van der Waals surface area contributed by atoms with E-state index in [1.807, 2.05) is 41.5 Å². The number of likely N-dealkylation sites (tertiary alicyclic amines) is 2. The van der Waals surface area contributed by atoms with Gasteiger partial charge in [-0.1, -0.05) is 64.4 Å². The summed E-state index contributed by atoms with van der Waals surface area (Å²) in [7, 11) is -12.1. The Labute approximate surface area is 680 Å². The summed E-state index contributed by atoms with van der Waals surface area (Å²) in [6.45, 7) is 25.6. The van der Waals surface area contributed by atoms with Crippen LogP contribution in [0.15, 0.2) is 103 Å². The van der Waals surface area contributed by atoms with Crippen molar-refractivity contribution < 1.29 is 103 Å². The third-order valence-electron chi connectivity index (χ3n) is 19.0. The standard InChI is InChI=1S/C27H40F3N3O5S.C22H32F3N3O3S.C15H19F3N2O2S.C12H23NO4.ClHN4/c1-18(2)15-20(31-25(35)38-26(3,4)5)17-24(34)32-13-11-22(12-14-32)33(21-9-10-21)39(36,37)23-8-6-7-19(16-23)27(28,29)30;1-15(2)12-17(26)14-21(29)27-10-8-19(9-11-27)28(18-6-7-18)32(30,31)20-5-3-4-16(13-20)22(23,24)25;16-15(17,18)11-2-1-3-14(10-11)23(21,22)20(12-4-5-12)13-6-8-19-9-7-13;1-8(2)6-9(7-10(14)15)13-11(16)17-12(3,4)5;1-3-5-4-2/h6-8,16,18,20-22H,9-15,17H2,1-5H3,(H,31,35);3-5,13,15,17-19H,6-12,14,26H2,1-2H3;1-3,10,12-13,19H,4-9H2;8-9H,6-7H2,1-5H3,(H,13,16)(H,14,15);2H/t20-;17-;;9-;/m00.0./s1. The number of nitrogens with two attached hydrogens (primary N) is 1. The number of carbonyl (C=O) groups is 5. The Hall–Kier alpha value is -6.88. The van der Waals surface area contributed by atoms with Gasteiger partial charge in [0, 0.05) is 93.4 Å². The Morgan fingerprint density at radius 1 is 0.509 bits per heavy atom. The normalized spacial score (nSPS) is 18.0. The van der Waals surface area contributed by atoms with Crippen LogP contribution in [0.4, 0.5) is 49.1 Å². The second-order valence-electron chi connectivity index (χ2n) is 33.1. The van der Waals surface area contributed by atoms with Crippen LogP contribution in [-0.2, 0) is 72.5 Å². The van der Waals surface area contributed by atoms with E-state index in [-0.39, 0.29) is 94.0 Å². The fraction of sp³-hybridized carbons (Fsp3) is 0.697. The van der Waals surface area contributed by atoms with Crippen molar-refractivity contribution in [2.75, 3.05) is 39.3 Å². The minimum Gasteiger partial charge on any atom is -0.481 e. The van der Waals surface area contributed by atoms with Gasteiger partial charge in [-0.25, -0.2) is 34.8 Å². The van der Waals surface area contributed by atoms with Gasteiger partial charge < -0.3 is 46.1 Å². The summed E-state index contributed by atoms with van der Waals surface area (Å²) in [6.07, 6.45) is -5.40. The minimum absolute atomic E-state index is 0.0321. The first kappa shape index (κ1) is 99.7. The number of carboxylic acids is 1. The zero-order chi connectivity index (χ0) is 87.3. The number of alkyl halides is 9. The van der Waals surface area contributed by atoms with Gasteiger partial charge in [0.2, 0.25) is 41.9 Å². The maximum Gasteiger partial charge on any atom is 0.416 e. The molecular formula is C76H115ClF9N13O14S3. The molecular weight excluding hydrogens is 1620 g/mol. The van der Waals surface area contributed by atoms with Crippen LogP contribution in [0.5, 0.6) is 0 Å². The van der Waals surface area contributed by atoms with E-state index in [0.717, 1.165) is 74.8 Å². The SMILES string of the molecule is CC(C)C[C@@H](CC(=O)N1CCC(N(C2CC2)S(=O)(=O)c2cccc(C(F)(F)F)c2)CC1)NC(=O)OC(C)(C)C.CC(C)C[C@@H](CC(=O)O)NC(=O)OC(C)(C)C.CC(C)C[C@H](N)CC(=O)N1CCC(N(C2CC2)S(=O)(=O)c2cccc(C(F)(F)F)c2)CC1.N=NN=NCl.O=S(=O)(c1cccc(C(F)(F)F)c1)N(C1CCNCC1)C1CC1. The summed E-state index contributed by atoms with van der Waals surface area (Å²) < 4.78 is 214. The van der Waals surface area contributed by atoms with Gasteiger partial charge in [-0.05, 0) is 234 Å². The molecule has 40 heteroatoms. The highest BCUT2D eigenvalue weighted by Crippen LogP contribution is 2.42. The molecule has 656 valence electrons. The van der Waals surface area contributed by atoms with Crippen LogP contribution < -0.4 is 21.7 Å². The van der Waals surface area contributed by atoms with Crippen molar-refractivity contribution >= 4 is 71.8 Å². The molecule has 0 aromatic heterocycles. The predicted octanol–water partition coefficient (Wildman–Crippen LogP) is 15.3. The lowest BCUT2D eigenvalue weighted by Crippen LogP contribution is -2.50. The first-order valence-electron chi connectivity index (χ1n) is 38.9. The zero-order valence-corrected chi connectivity index (χ0v) is 70.9. The van der Waals surface area contributed by atoms with E-state index in [9.17, 15) is 88.7 Å². The summed E-state index contributed by atoms with van der Waals surface area (Å²) >= 11 is 4.55. The van der Waals surface area contributed by atoms with E-state index >= 15 is 0 Å². The Bertz CT molecular complexity index is 4080. The number of halogens is 10. The van der Waals surface area contributed by atoms with Crippen LogP contribution in [-0.4, -0.2) is 188 Å². The van der Waals surface area contributed by atoms with Gasteiger partial charge in [-0.2, -0.15) is 58.0 Å². The monoisotopic (exact) mass is 1740 g/mol. The molecule has 7 N–H and O–H groups in total. The van der Waals surface area contributed by atoms with Gasteiger partial charge in [0.15, 0.2) is 0 Å². The van der Waals surface area contributed by atoms with Gasteiger partial charge >= 0.3 is 36.7 Å². The molecule has 6 aliphatic rings. The summed E-state index contributed by atoms with van der Waals surface area (Å²) in [4.78, 5) is 62.6. The fourth-order valence-electron chi connectivity index (χ4n) is 13.8. The van der Waals surface area contributed by atoms with Gasteiger partial charge in [0.05, 0.1) is 49.6 Å². The quantitative estimate of drug-likeness (QED) is 0.0235. The number of rotatable bonds is 27. The summed E-state index contributed by atoms with van der Waals surface area (Å²) in [5, 5.41) is 22.4. The number of carbonyl (C=O) groups excluding carboxylic acids is 4. The van der Waals surface area contributed by atoms with Gasteiger partial charge in [0.25, 0.3) is 0 Å². The number of benzene rings is 3. The molecule has 116 heavy (non-hydrogen) atoms. The maximum absolute atomic E-state index is 13.5. The molecule has 27 nitrogen and oxygen atoms in total. The van der Waals surface area contributed by atoms with Crippen molar-refractivity contribution in [1.82, 2.24) is 38.7 Å². The molecule has 4 amide bonds. The average molecular weight is 1740 g/mol. The molecule has 3 aromatic rings. The van der Waals surface area contributed by atoms with Gasteiger partial charge in [-0.3, -0.25) is 14.4 Å². The minimum atomic E-state index is -4.65. The van der Waals surface area contributed by atoms with Crippen molar-refractivity contribution in [2.45, 2.75) is 297 Å². The molecule has 3 aromatic carbocycles. The van der Waals surface area contributed by atoms with E-state index in [4.69, 9.17) is 25.8 Å². The second-order valence-corrected chi connectivity index (χ2v) is 38.8. The van der Waals surface area contributed by atoms with Crippen molar-refractivity contribution in [3.8, 4) is 0 Å². The molecule has 9 rings (SSSR count). The average Bonchev–Trinajstić information content (AvgIpc) is 1.54. The highest BCUT2D eigenvalue weighted by Gasteiger charge is 2.48. The van der Waals surface area contributed by atoms with E-state index in [2.05, 4.69) is 42.8 Å². The molecule has 0 spiro atoms. The van der Waals surface area contributed by atoms with Crippen LogP contribution in [0.1, 0.15) is 215 Å². The van der Waals surface area contributed by atoms with E-state index in [1.54, 1.807) is 51.3 Å². The van der Waals surface area contributed by atoms with Crippen molar-refractivity contribution in [3.63, 3.8) is 0 Å². The van der Waals surface area contributed by atoms with E-state index in [0.29, 0.717) is 127 Å². The fourth-order valence-corrected chi connectivity index (χ4v) is 19.8. The van der Waals surface area contributed by atoms with E-state index < -0.39 is 107 Å². The molecule has 0 bridgehead atoms. The first-order chi connectivity index (χ1) is 53.7. The summed E-state index contributed by atoms with van der Waals surface area (Å²) in [6, 6.07) is 9.43. The first-order valence-corrected chi connectivity index (χ1v) is 43.6. The van der Waals surface area contributed by atoms with Crippen molar-refractivity contribution in [1.29, 1.82) is 5.53 Å². The largest absolute Gasteiger partial charge is 0.481 e. The summed E-state index contributed by atoms with van der Waals surface area (Å²) in [5.74, 6) is -0.154. The number of hydrogen-bond donors (Lipinski definition) is 6. The number of ether oxygens (including phenoxy) is 2. The number of sulfonamides is 3. The van der Waals surface area contributed by atoms with Gasteiger partial charge in [-0.15, -0.1) is 0 Å². The molecule has 6 fully saturated rings. The third-order valence-corrected chi connectivity index (χ3v) is 25.1. The Morgan fingerprint density at radius 2 is 0.802 bits per heavy atom. The Kier molecular flexibility index (Phi) is 37.3. The molecule has 3 heterocycles. The van der Waals surface area contributed by atoms with Crippen molar-refractivity contribution in [2.24, 2.45) is 38.6 Å². The molecule has 3 saturated heterocycles. The van der Waals surface area contributed by atoms with Crippen LogP contribution in [0.3, 0.4) is 0 Å². The lowest BCUT2D eigenvalue weighted by molar-refractivity contribution is -0.138. The number of aliphatic carboxylic acids is 1. The zero-order valence-electron chi connectivity index (χ0n) is 67.7.